The standard InChI is InChI=1S/C10H10FN3O/c1-2-8-9(15-14-10(8)12)6-3-7(11)5-13-4-6/h3-5H,2H2,1H3,(H2,12,14). The number of hydrogen-bond donors (Lipinski definition) is 1. The SMILES string of the molecule is CCc1c(N)noc1-c1cncc(F)c1. The molecular formula is C10H10FN3O. The third kappa shape index (κ3) is 1.68. The number of anilines is 1. The number of halogens is 1. The fourth-order valence-electron chi connectivity index (χ4n) is 1.43. The maximum Gasteiger partial charge on any atom is 0.173 e. The van der Waals surface area contributed by atoms with Crippen molar-refractivity contribution in [2.75, 3.05) is 5.73 Å². The number of pyridine rings is 1. The smallest absolute Gasteiger partial charge is 0.173 e. The van der Waals surface area contributed by atoms with Gasteiger partial charge >= 0.3 is 0 Å². The van der Waals surface area contributed by atoms with Crippen LogP contribution in [0.2, 0.25) is 0 Å². The highest BCUT2D eigenvalue weighted by molar-refractivity contribution is 5.65. The van der Waals surface area contributed by atoms with E-state index in [4.69, 9.17) is 10.3 Å². The van der Waals surface area contributed by atoms with E-state index in [9.17, 15) is 4.39 Å². The van der Waals surface area contributed by atoms with Crippen LogP contribution in [0.1, 0.15) is 12.5 Å². The summed E-state index contributed by atoms with van der Waals surface area (Å²) in [5.41, 5.74) is 6.94. The summed E-state index contributed by atoms with van der Waals surface area (Å²) in [5.74, 6) is 0.420. The Morgan fingerprint density at radius 1 is 1.47 bits per heavy atom. The van der Waals surface area contributed by atoms with Gasteiger partial charge in [0.1, 0.15) is 5.82 Å². The molecule has 0 aliphatic rings. The van der Waals surface area contributed by atoms with E-state index in [1.54, 1.807) is 0 Å². The van der Waals surface area contributed by atoms with E-state index in [0.717, 1.165) is 11.8 Å². The molecule has 0 spiro atoms. The van der Waals surface area contributed by atoms with E-state index in [0.29, 0.717) is 23.6 Å². The van der Waals surface area contributed by atoms with E-state index in [-0.39, 0.29) is 0 Å². The predicted octanol–water partition coefficient (Wildman–Crippen LogP) is 2.02. The molecule has 2 N–H and O–H groups in total. The van der Waals surface area contributed by atoms with Gasteiger partial charge in [-0.05, 0) is 12.5 Å². The summed E-state index contributed by atoms with van der Waals surface area (Å²) < 4.78 is 18.0. The second-order valence-electron chi connectivity index (χ2n) is 3.12. The third-order valence-electron chi connectivity index (χ3n) is 2.14. The summed E-state index contributed by atoms with van der Waals surface area (Å²) in [4.78, 5) is 3.74. The normalized spacial score (nSPS) is 10.5. The van der Waals surface area contributed by atoms with Gasteiger partial charge in [0.2, 0.25) is 0 Å². The highest BCUT2D eigenvalue weighted by Crippen LogP contribution is 2.27. The summed E-state index contributed by atoms with van der Waals surface area (Å²) in [6.45, 7) is 1.93. The molecular weight excluding hydrogens is 197 g/mol. The van der Waals surface area contributed by atoms with Gasteiger partial charge in [-0.1, -0.05) is 12.1 Å². The van der Waals surface area contributed by atoms with Crippen molar-refractivity contribution in [2.24, 2.45) is 0 Å². The van der Waals surface area contributed by atoms with Crippen LogP contribution in [0.25, 0.3) is 11.3 Å². The first-order valence-corrected chi connectivity index (χ1v) is 4.57. The summed E-state index contributed by atoms with van der Waals surface area (Å²) in [6.07, 6.45) is 3.33. The van der Waals surface area contributed by atoms with Gasteiger partial charge in [-0.2, -0.15) is 0 Å². The highest BCUT2D eigenvalue weighted by atomic mass is 19.1. The van der Waals surface area contributed by atoms with Gasteiger partial charge in [-0.3, -0.25) is 4.98 Å². The maximum atomic E-state index is 12.9. The Kier molecular flexibility index (Phi) is 2.37. The van der Waals surface area contributed by atoms with Crippen LogP contribution in [0.15, 0.2) is 23.0 Å². The molecule has 0 saturated carbocycles. The lowest BCUT2D eigenvalue weighted by Crippen LogP contribution is -1.91. The van der Waals surface area contributed by atoms with Crippen LogP contribution in [-0.2, 0) is 6.42 Å². The first kappa shape index (κ1) is 9.64. The lowest BCUT2D eigenvalue weighted by Gasteiger charge is -1.98. The van der Waals surface area contributed by atoms with E-state index in [1.807, 2.05) is 6.92 Å². The Bertz CT molecular complexity index is 481. The molecule has 78 valence electrons. The Morgan fingerprint density at radius 2 is 2.27 bits per heavy atom. The number of nitrogens with two attached hydrogens (primary N) is 1. The van der Waals surface area contributed by atoms with Crippen LogP contribution in [-0.4, -0.2) is 10.1 Å². The molecule has 0 atom stereocenters. The molecule has 0 bridgehead atoms. The Labute approximate surface area is 85.9 Å². The number of nitrogens with zero attached hydrogens (tertiary/aromatic N) is 2. The van der Waals surface area contributed by atoms with Gasteiger partial charge in [0.15, 0.2) is 11.6 Å². The van der Waals surface area contributed by atoms with Crippen molar-refractivity contribution in [3.8, 4) is 11.3 Å². The van der Waals surface area contributed by atoms with Crippen molar-refractivity contribution in [2.45, 2.75) is 13.3 Å². The molecule has 2 aromatic rings. The van der Waals surface area contributed by atoms with Gasteiger partial charge in [-0.25, -0.2) is 4.39 Å². The zero-order valence-corrected chi connectivity index (χ0v) is 8.20. The largest absolute Gasteiger partial charge is 0.381 e. The zero-order valence-electron chi connectivity index (χ0n) is 8.20. The maximum absolute atomic E-state index is 12.9. The molecule has 0 aliphatic heterocycles. The summed E-state index contributed by atoms with van der Waals surface area (Å²) in [6, 6.07) is 1.34. The molecule has 2 heterocycles. The van der Waals surface area contributed by atoms with Crippen LogP contribution in [0.4, 0.5) is 10.2 Å². The van der Waals surface area contributed by atoms with Crippen molar-refractivity contribution in [3.05, 3.63) is 29.8 Å². The molecule has 0 aromatic carbocycles. The lowest BCUT2D eigenvalue weighted by molar-refractivity contribution is 0.434. The fraction of sp³-hybridized carbons (Fsp3) is 0.200. The van der Waals surface area contributed by atoms with Gasteiger partial charge in [-0.15, -0.1) is 0 Å². The third-order valence-corrected chi connectivity index (χ3v) is 2.14. The minimum atomic E-state index is -0.412. The molecule has 15 heavy (non-hydrogen) atoms. The van der Waals surface area contributed by atoms with E-state index < -0.39 is 5.82 Å². The minimum absolute atomic E-state index is 0.344. The Morgan fingerprint density at radius 3 is 2.93 bits per heavy atom. The Hall–Kier alpha value is -1.91. The van der Waals surface area contributed by atoms with Gasteiger partial charge < -0.3 is 10.3 Å². The summed E-state index contributed by atoms with van der Waals surface area (Å²) in [5, 5.41) is 3.65. The number of nitrogen functional groups attached to an aromatic ring is 1. The predicted molar refractivity (Wildman–Crippen MR) is 53.5 cm³/mol. The van der Waals surface area contributed by atoms with Crippen LogP contribution in [0.3, 0.4) is 0 Å². The van der Waals surface area contributed by atoms with Crippen LogP contribution < -0.4 is 5.73 Å². The average molecular weight is 207 g/mol. The first-order valence-electron chi connectivity index (χ1n) is 4.57. The first-order chi connectivity index (χ1) is 7.22. The van der Waals surface area contributed by atoms with Crippen LogP contribution in [0, 0.1) is 5.82 Å². The molecule has 0 radical (unpaired) electrons. The molecule has 0 amide bonds. The quantitative estimate of drug-likeness (QED) is 0.818. The molecule has 0 unspecified atom stereocenters. The van der Waals surface area contributed by atoms with Gasteiger partial charge in [0, 0.05) is 17.3 Å². The minimum Gasteiger partial charge on any atom is -0.381 e. The van der Waals surface area contributed by atoms with Gasteiger partial charge in [0.05, 0.1) is 6.20 Å². The second-order valence-corrected chi connectivity index (χ2v) is 3.12. The number of rotatable bonds is 2. The van der Waals surface area contributed by atoms with Crippen LogP contribution >= 0.6 is 0 Å². The van der Waals surface area contributed by atoms with Crippen molar-refractivity contribution in [3.63, 3.8) is 0 Å². The van der Waals surface area contributed by atoms with Gasteiger partial charge in [0.25, 0.3) is 0 Å². The molecule has 0 saturated heterocycles. The summed E-state index contributed by atoms with van der Waals surface area (Å²) in [7, 11) is 0. The lowest BCUT2D eigenvalue weighted by atomic mass is 10.1. The van der Waals surface area contributed by atoms with E-state index >= 15 is 0 Å². The molecule has 2 aromatic heterocycles. The molecule has 0 aliphatic carbocycles. The number of hydrogen-bond acceptors (Lipinski definition) is 4. The van der Waals surface area contributed by atoms with Crippen molar-refractivity contribution < 1.29 is 8.91 Å². The number of aromatic nitrogens is 2. The zero-order chi connectivity index (χ0) is 10.8. The average Bonchev–Trinajstić information content (AvgIpc) is 2.59. The fourth-order valence-corrected chi connectivity index (χ4v) is 1.43. The highest BCUT2D eigenvalue weighted by Gasteiger charge is 2.14. The van der Waals surface area contributed by atoms with E-state index in [1.165, 1.54) is 12.3 Å². The Balaban J connectivity index is 2.54. The van der Waals surface area contributed by atoms with Crippen molar-refractivity contribution in [1.82, 2.24) is 10.1 Å². The van der Waals surface area contributed by atoms with Crippen molar-refractivity contribution in [1.29, 1.82) is 0 Å². The summed E-state index contributed by atoms with van der Waals surface area (Å²) >= 11 is 0. The monoisotopic (exact) mass is 207 g/mol. The van der Waals surface area contributed by atoms with Crippen LogP contribution in [0.5, 0.6) is 0 Å². The molecule has 4 nitrogen and oxygen atoms in total. The topological polar surface area (TPSA) is 64.9 Å². The second kappa shape index (κ2) is 3.68. The molecule has 5 heteroatoms. The van der Waals surface area contributed by atoms with Crippen molar-refractivity contribution >= 4 is 5.82 Å². The molecule has 0 fully saturated rings. The van der Waals surface area contributed by atoms with E-state index in [2.05, 4.69) is 10.1 Å². The molecule has 2 rings (SSSR count).